The van der Waals surface area contributed by atoms with Crippen LogP contribution in [0.25, 0.3) is 0 Å². The van der Waals surface area contributed by atoms with Crippen LogP contribution in [-0.2, 0) is 12.6 Å². The molecule has 4 heteroatoms. The number of hydrogen-bond donors (Lipinski definition) is 0. The van der Waals surface area contributed by atoms with Gasteiger partial charge in [-0.05, 0) is 31.0 Å². The summed E-state index contributed by atoms with van der Waals surface area (Å²) in [5.41, 5.74) is 0.0349. The van der Waals surface area contributed by atoms with Gasteiger partial charge in [-0.1, -0.05) is 13.0 Å². The number of rotatable bonds is 2. The van der Waals surface area contributed by atoms with E-state index in [1.807, 2.05) is 0 Å². The number of hydrogen-bond acceptors (Lipinski definition) is 1. The van der Waals surface area contributed by atoms with Crippen molar-refractivity contribution in [1.82, 2.24) is 0 Å². The number of ketones is 1. The summed E-state index contributed by atoms with van der Waals surface area (Å²) in [4.78, 5) is 11.1. The van der Waals surface area contributed by atoms with Crippen LogP contribution in [0.5, 0.6) is 0 Å². The van der Waals surface area contributed by atoms with Gasteiger partial charge in [0.1, 0.15) is 0 Å². The fraction of sp³-hybridized carbons (Fsp3) is 0.364. The van der Waals surface area contributed by atoms with E-state index in [0.29, 0.717) is 12.0 Å². The van der Waals surface area contributed by atoms with Gasteiger partial charge in [0, 0.05) is 5.56 Å². The van der Waals surface area contributed by atoms with Crippen LogP contribution in [0.4, 0.5) is 13.2 Å². The van der Waals surface area contributed by atoms with Gasteiger partial charge < -0.3 is 0 Å². The Kier molecular flexibility index (Phi) is 3.17. The molecule has 0 saturated carbocycles. The summed E-state index contributed by atoms with van der Waals surface area (Å²) in [5, 5.41) is 0. The smallest absolute Gasteiger partial charge is 0.295 e. The lowest BCUT2D eigenvalue weighted by molar-refractivity contribution is -0.137. The Labute approximate surface area is 85.9 Å². The number of alkyl halides is 3. The number of Topliss-reactive ketones (excluding diaryl/α,β-unsaturated/α-hetero) is 1. The van der Waals surface area contributed by atoms with Gasteiger partial charge in [0.05, 0.1) is 5.56 Å². The Morgan fingerprint density at radius 1 is 1.33 bits per heavy atom. The molecule has 0 saturated heterocycles. The maximum Gasteiger partial charge on any atom is 0.416 e. The lowest BCUT2D eigenvalue weighted by atomic mass is 9.99. The quantitative estimate of drug-likeness (QED) is 0.692. The van der Waals surface area contributed by atoms with Gasteiger partial charge in [0.25, 0.3) is 0 Å². The number of benzene rings is 1. The molecule has 1 rings (SSSR count). The Hall–Kier alpha value is -1.32. The van der Waals surface area contributed by atoms with Gasteiger partial charge in [0.15, 0.2) is 5.78 Å². The zero-order valence-corrected chi connectivity index (χ0v) is 8.48. The molecule has 0 atom stereocenters. The molecule has 0 fully saturated rings. The van der Waals surface area contributed by atoms with Crippen molar-refractivity contribution in [2.24, 2.45) is 0 Å². The van der Waals surface area contributed by atoms with Gasteiger partial charge in [-0.2, -0.15) is 13.2 Å². The highest BCUT2D eigenvalue weighted by molar-refractivity contribution is 5.95. The van der Waals surface area contributed by atoms with Gasteiger partial charge >= 0.3 is 6.18 Å². The fourth-order valence-electron chi connectivity index (χ4n) is 1.39. The van der Waals surface area contributed by atoms with E-state index in [1.165, 1.54) is 13.0 Å². The van der Waals surface area contributed by atoms with E-state index >= 15 is 0 Å². The molecule has 0 aliphatic heterocycles. The molecule has 0 spiro atoms. The minimum absolute atomic E-state index is 0.160. The summed E-state index contributed by atoms with van der Waals surface area (Å²) >= 11 is 0. The fourth-order valence-corrected chi connectivity index (χ4v) is 1.39. The second-order valence-corrected chi connectivity index (χ2v) is 3.28. The predicted molar refractivity (Wildman–Crippen MR) is 50.8 cm³/mol. The summed E-state index contributed by atoms with van der Waals surface area (Å²) in [7, 11) is 0. The van der Waals surface area contributed by atoms with Crippen LogP contribution in [0.15, 0.2) is 18.2 Å². The molecular weight excluding hydrogens is 205 g/mol. The summed E-state index contributed by atoms with van der Waals surface area (Å²) in [6.07, 6.45) is -3.84. The normalized spacial score (nSPS) is 11.5. The third kappa shape index (κ3) is 2.58. The van der Waals surface area contributed by atoms with Crippen molar-refractivity contribution in [1.29, 1.82) is 0 Å². The first-order valence-corrected chi connectivity index (χ1v) is 4.57. The molecule has 0 bridgehead atoms. The monoisotopic (exact) mass is 216 g/mol. The Balaban J connectivity index is 3.28. The molecule has 1 nitrogen and oxygen atoms in total. The highest BCUT2D eigenvalue weighted by atomic mass is 19.4. The molecule has 1 aromatic rings. The predicted octanol–water partition coefficient (Wildman–Crippen LogP) is 3.47. The van der Waals surface area contributed by atoms with E-state index < -0.39 is 11.7 Å². The first-order valence-electron chi connectivity index (χ1n) is 4.57. The molecule has 15 heavy (non-hydrogen) atoms. The lowest BCUT2D eigenvalue weighted by Gasteiger charge is -2.10. The largest absolute Gasteiger partial charge is 0.416 e. The van der Waals surface area contributed by atoms with E-state index in [9.17, 15) is 18.0 Å². The second kappa shape index (κ2) is 4.04. The van der Waals surface area contributed by atoms with Crippen LogP contribution in [0.1, 0.15) is 35.3 Å². The highest BCUT2D eigenvalue weighted by Gasteiger charge is 2.31. The van der Waals surface area contributed by atoms with Gasteiger partial charge in [-0.15, -0.1) is 0 Å². The van der Waals surface area contributed by atoms with Crippen LogP contribution in [0.3, 0.4) is 0 Å². The molecule has 0 heterocycles. The average Bonchev–Trinajstić information content (AvgIpc) is 2.15. The summed E-state index contributed by atoms with van der Waals surface area (Å²) in [5.74, 6) is -0.335. The van der Waals surface area contributed by atoms with Gasteiger partial charge in [0.2, 0.25) is 0 Å². The SMILES string of the molecule is CCc1ccc(C(F)(F)F)cc1C(C)=O. The van der Waals surface area contributed by atoms with Crippen molar-refractivity contribution < 1.29 is 18.0 Å². The molecule has 0 aliphatic carbocycles. The molecule has 0 N–H and O–H groups in total. The lowest BCUT2D eigenvalue weighted by Crippen LogP contribution is -2.08. The third-order valence-corrected chi connectivity index (χ3v) is 2.20. The summed E-state index contributed by atoms with van der Waals surface area (Å²) < 4.78 is 37.1. The van der Waals surface area contributed by atoms with Crippen molar-refractivity contribution in [2.75, 3.05) is 0 Å². The molecule has 82 valence electrons. The van der Waals surface area contributed by atoms with Crippen molar-refractivity contribution >= 4 is 5.78 Å². The molecule has 0 unspecified atom stereocenters. The van der Waals surface area contributed by atoms with Crippen LogP contribution in [-0.4, -0.2) is 5.78 Å². The highest BCUT2D eigenvalue weighted by Crippen LogP contribution is 2.30. The van der Waals surface area contributed by atoms with Crippen molar-refractivity contribution in [3.63, 3.8) is 0 Å². The topological polar surface area (TPSA) is 17.1 Å². The van der Waals surface area contributed by atoms with Crippen LogP contribution in [0, 0.1) is 0 Å². The average molecular weight is 216 g/mol. The minimum atomic E-state index is -4.39. The maximum atomic E-state index is 12.4. The number of aryl methyl sites for hydroxylation is 1. The van der Waals surface area contributed by atoms with E-state index in [4.69, 9.17) is 0 Å². The first kappa shape index (κ1) is 11.8. The number of carbonyl (C=O) groups excluding carboxylic acids is 1. The first-order chi connectivity index (χ1) is 6.86. The van der Waals surface area contributed by atoms with E-state index in [2.05, 4.69) is 0 Å². The molecule has 0 aromatic heterocycles. The zero-order chi connectivity index (χ0) is 11.6. The van der Waals surface area contributed by atoms with Crippen LogP contribution in [0.2, 0.25) is 0 Å². The zero-order valence-electron chi connectivity index (χ0n) is 8.48. The molecule has 0 aliphatic rings. The third-order valence-electron chi connectivity index (χ3n) is 2.20. The van der Waals surface area contributed by atoms with E-state index in [-0.39, 0.29) is 11.3 Å². The van der Waals surface area contributed by atoms with Crippen LogP contribution < -0.4 is 0 Å². The van der Waals surface area contributed by atoms with Crippen LogP contribution >= 0.6 is 0 Å². The van der Waals surface area contributed by atoms with Gasteiger partial charge in [-0.3, -0.25) is 4.79 Å². The Morgan fingerprint density at radius 2 is 1.93 bits per heavy atom. The van der Waals surface area contributed by atoms with Crippen molar-refractivity contribution in [3.8, 4) is 0 Å². The molecule has 0 amide bonds. The summed E-state index contributed by atoms with van der Waals surface area (Å²) in [6.45, 7) is 3.07. The Morgan fingerprint density at radius 3 is 2.33 bits per heavy atom. The van der Waals surface area contributed by atoms with E-state index in [1.54, 1.807) is 6.92 Å². The molecular formula is C11H11F3O. The molecule has 1 aromatic carbocycles. The minimum Gasteiger partial charge on any atom is -0.295 e. The van der Waals surface area contributed by atoms with Crippen molar-refractivity contribution in [3.05, 3.63) is 34.9 Å². The standard InChI is InChI=1S/C11H11F3O/c1-3-8-4-5-9(11(12,13)14)6-10(8)7(2)15/h4-6H,3H2,1-2H3. The van der Waals surface area contributed by atoms with Gasteiger partial charge in [-0.25, -0.2) is 0 Å². The van der Waals surface area contributed by atoms with Crippen molar-refractivity contribution in [2.45, 2.75) is 26.4 Å². The Bertz CT molecular complexity index is 380. The number of halogens is 3. The van der Waals surface area contributed by atoms with E-state index in [0.717, 1.165) is 12.1 Å². The number of carbonyl (C=O) groups is 1. The maximum absolute atomic E-state index is 12.4. The molecule has 0 radical (unpaired) electrons. The second-order valence-electron chi connectivity index (χ2n) is 3.28. The summed E-state index contributed by atoms with van der Waals surface area (Å²) in [6, 6.07) is 3.28.